The maximum atomic E-state index is 12.3. The van der Waals surface area contributed by atoms with Crippen LogP contribution in [0.3, 0.4) is 0 Å². The average Bonchev–Trinajstić information content (AvgIpc) is 2.40. The maximum absolute atomic E-state index is 12.3. The van der Waals surface area contributed by atoms with Gasteiger partial charge in [0, 0.05) is 15.5 Å². The minimum atomic E-state index is -3.30. The number of hydrogen-bond donors (Lipinski definition) is 1. The molecule has 6 heteroatoms. The number of benzene rings is 2. The topological polar surface area (TPSA) is 63.2 Å². The van der Waals surface area contributed by atoms with Crippen LogP contribution in [0.4, 0.5) is 5.69 Å². The van der Waals surface area contributed by atoms with Crippen molar-refractivity contribution in [3.8, 4) is 0 Å². The summed E-state index contributed by atoms with van der Waals surface area (Å²) in [5.41, 5.74) is 1.87. The minimum absolute atomic E-state index is 0.186. The van der Waals surface area contributed by atoms with Gasteiger partial charge in [0.25, 0.3) is 5.91 Å². The molecule has 0 spiro atoms. The van der Waals surface area contributed by atoms with Crippen LogP contribution < -0.4 is 5.32 Å². The molecule has 0 saturated carbocycles. The van der Waals surface area contributed by atoms with Crippen molar-refractivity contribution in [2.45, 2.75) is 11.8 Å². The summed E-state index contributed by atoms with van der Waals surface area (Å²) in [5, 5.41) is 2.77. The molecule has 0 bridgehead atoms. The van der Waals surface area contributed by atoms with Crippen molar-refractivity contribution in [2.75, 3.05) is 11.6 Å². The van der Waals surface area contributed by atoms with E-state index in [1.54, 1.807) is 18.2 Å². The zero-order valence-corrected chi connectivity index (χ0v) is 14.5. The number of amides is 1. The second-order valence-corrected chi connectivity index (χ2v) is 7.86. The van der Waals surface area contributed by atoms with E-state index in [1.807, 2.05) is 19.1 Å². The van der Waals surface area contributed by atoms with Gasteiger partial charge in [0.15, 0.2) is 9.84 Å². The van der Waals surface area contributed by atoms with Crippen LogP contribution in [0.1, 0.15) is 15.9 Å². The largest absolute Gasteiger partial charge is 0.322 e. The predicted octanol–water partition coefficient (Wildman–Crippen LogP) is 3.26. The Morgan fingerprint density at radius 2 is 1.81 bits per heavy atom. The van der Waals surface area contributed by atoms with E-state index >= 15 is 0 Å². The Kier molecular flexibility index (Phi) is 4.67. The van der Waals surface area contributed by atoms with Gasteiger partial charge in [0.1, 0.15) is 0 Å². The molecule has 0 radical (unpaired) electrons. The summed E-state index contributed by atoms with van der Waals surface area (Å²) in [5.74, 6) is -0.256. The molecule has 0 aliphatic carbocycles. The first-order valence-corrected chi connectivity index (χ1v) is 9.12. The highest BCUT2D eigenvalue weighted by atomic mass is 127. The Labute approximate surface area is 137 Å². The number of aryl methyl sites for hydroxylation is 1. The molecule has 0 fully saturated rings. The Morgan fingerprint density at radius 3 is 2.43 bits per heavy atom. The number of carbonyl (C=O) groups is 1. The van der Waals surface area contributed by atoms with Gasteiger partial charge in [-0.1, -0.05) is 18.2 Å². The Bertz CT molecular complexity index is 800. The minimum Gasteiger partial charge on any atom is -0.322 e. The normalized spacial score (nSPS) is 11.2. The lowest BCUT2D eigenvalue weighted by atomic mass is 10.1. The molecule has 2 aromatic rings. The number of carbonyl (C=O) groups excluding carboxylic acids is 1. The first-order valence-electron chi connectivity index (χ1n) is 6.15. The van der Waals surface area contributed by atoms with Gasteiger partial charge in [-0.15, -0.1) is 0 Å². The molecule has 0 unspecified atom stereocenters. The molecular weight excluding hydrogens is 401 g/mol. The Balaban J connectivity index is 2.36. The molecule has 2 rings (SSSR count). The lowest BCUT2D eigenvalue weighted by Crippen LogP contribution is -2.14. The molecule has 1 N–H and O–H groups in total. The van der Waals surface area contributed by atoms with Crippen LogP contribution in [-0.4, -0.2) is 20.6 Å². The summed E-state index contributed by atoms with van der Waals surface area (Å²) in [6.07, 6.45) is 1.14. The van der Waals surface area contributed by atoms with Gasteiger partial charge in [0.2, 0.25) is 0 Å². The summed E-state index contributed by atoms with van der Waals surface area (Å²) >= 11 is 2.09. The van der Waals surface area contributed by atoms with Crippen LogP contribution in [-0.2, 0) is 9.84 Å². The van der Waals surface area contributed by atoms with Crippen LogP contribution >= 0.6 is 22.6 Å². The van der Waals surface area contributed by atoms with Crippen LogP contribution in [0.15, 0.2) is 47.4 Å². The molecule has 110 valence electrons. The standard InChI is InChI=1S/C15H14INO3S/c1-10-7-8-11(21(2,19)20)9-14(10)17-15(18)12-5-3-4-6-13(12)16/h3-9H,1-2H3,(H,17,18). The van der Waals surface area contributed by atoms with E-state index in [-0.39, 0.29) is 10.8 Å². The van der Waals surface area contributed by atoms with Crippen LogP contribution in [0.25, 0.3) is 0 Å². The highest BCUT2D eigenvalue weighted by Crippen LogP contribution is 2.21. The van der Waals surface area contributed by atoms with Crippen molar-refractivity contribution in [3.63, 3.8) is 0 Å². The lowest BCUT2D eigenvalue weighted by molar-refractivity contribution is 0.102. The quantitative estimate of drug-likeness (QED) is 0.783. The number of rotatable bonds is 3. The van der Waals surface area contributed by atoms with Gasteiger partial charge in [-0.25, -0.2) is 8.42 Å². The molecule has 0 aliphatic heterocycles. The molecule has 1 amide bonds. The second kappa shape index (κ2) is 6.15. The van der Waals surface area contributed by atoms with E-state index in [1.165, 1.54) is 12.1 Å². The number of anilines is 1. The van der Waals surface area contributed by atoms with E-state index in [0.29, 0.717) is 11.3 Å². The van der Waals surface area contributed by atoms with Crippen molar-refractivity contribution >= 4 is 44.0 Å². The monoisotopic (exact) mass is 415 g/mol. The molecule has 0 atom stereocenters. The molecule has 0 heterocycles. The van der Waals surface area contributed by atoms with Crippen LogP contribution in [0.5, 0.6) is 0 Å². The lowest BCUT2D eigenvalue weighted by Gasteiger charge is -2.11. The fourth-order valence-electron chi connectivity index (χ4n) is 1.80. The summed E-state index contributed by atoms with van der Waals surface area (Å²) in [6.45, 7) is 1.82. The van der Waals surface area contributed by atoms with E-state index in [2.05, 4.69) is 27.9 Å². The average molecular weight is 415 g/mol. The van der Waals surface area contributed by atoms with Gasteiger partial charge in [0.05, 0.1) is 10.5 Å². The predicted molar refractivity (Wildman–Crippen MR) is 91.4 cm³/mol. The molecule has 2 aromatic carbocycles. The summed E-state index contributed by atoms with van der Waals surface area (Å²) < 4.78 is 24.0. The third-order valence-corrected chi connectivity index (χ3v) is 5.05. The van der Waals surface area contributed by atoms with E-state index < -0.39 is 9.84 Å². The van der Waals surface area contributed by atoms with Crippen molar-refractivity contribution in [3.05, 3.63) is 57.2 Å². The van der Waals surface area contributed by atoms with E-state index in [0.717, 1.165) is 15.4 Å². The van der Waals surface area contributed by atoms with E-state index in [4.69, 9.17) is 0 Å². The fraction of sp³-hybridized carbons (Fsp3) is 0.133. The van der Waals surface area contributed by atoms with Gasteiger partial charge in [-0.05, 0) is 59.3 Å². The number of nitrogens with one attached hydrogen (secondary N) is 1. The highest BCUT2D eigenvalue weighted by Gasteiger charge is 2.13. The smallest absolute Gasteiger partial charge is 0.256 e. The van der Waals surface area contributed by atoms with Crippen LogP contribution in [0, 0.1) is 10.5 Å². The van der Waals surface area contributed by atoms with Crippen molar-refractivity contribution in [1.82, 2.24) is 0 Å². The SMILES string of the molecule is Cc1ccc(S(C)(=O)=O)cc1NC(=O)c1ccccc1I. The molecule has 0 aliphatic rings. The molecule has 4 nitrogen and oxygen atoms in total. The second-order valence-electron chi connectivity index (χ2n) is 4.68. The molecule has 0 saturated heterocycles. The summed E-state index contributed by atoms with van der Waals surface area (Å²) in [4.78, 5) is 12.5. The molecular formula is C15H14INO3S. The van der Waals surface area contributed by atoms with Gasteiger partial charge in [-0.2, -0.15) is 0 Å². The van der Waals surface area contributed by atoms with Crippen molar-refractivity contribution in [2.24, 2.45) is 0 Å². The summed E-state index contributed by atoms with van der Waals surface area (Å²) in [7, 11) is -3.30. The van der Waals surface area contributed by atoms with Crippen LogP contribution in [0.2, 0.25) is 0 Å². The van der Waals surface area contributed by atoms with Crippen molar-refractivity contribution < 1.29 is 13.2 Å². The number of halogens is 1. The van der Waals surface area contributed by atoms with Crippen molar-refractivity contribution in [1.29, 1.82) is 0 Å². The van der Waals surface area contributed by atoms with E-state index in [9.17, 15) is 13.2 Å². The van der Waals surface area contributed by atoms with Gasteiger partial charge < -0.3 is 5.32 Å². The third-order valence-electron chi connectivity index (χ3n) is 3.00. The highest BCUT2D eigenvalue weighted by molar-refractivity contribution is 14.1. The van der Waals surface area contributed by atoms with Gasteiger partial charge in [-0.3, -0.25) is 4.79 Å². The zero-order chi connectivity index (χ0) is 15.6. The first kappa shape index (κ1) is 16.0. The van der Waals surface area contributed by atoms with Gasteiger partial charge >= 0.3 is 0 Å². The summed E-state index contributed by atoms with van der Waals surface area (Å²) in [6, 6.07) is 11.9. The maximum Gasteiger partial charge on any atom is 0.256 e. The molecule has 21 heavy (non-hydrogen) atoms. The number of hydrogen-bond acceptors (Lipinski definition) is 3. The third kappa shape index (κ3) is 3.82. The number of sulfone groups is 1. The Hall–Kier alpha value is -1.41. The first-order chi connectivity index (χ1) is 9.79. The Morgan fingerprint density at radius 1 is 1.14 bits per heavy atom. The molecule has 0 aromatic heterocycles. The zero-order valence-electron chi connectivity index (χ0n) is 11.6. The fourth-order valence-corrected chi connectivity index (χ4v) is 3.08.